The van der Waals surface area contributed by atoms with Gasteiger partial charge in [0.15, 0.2) is 11.5 Å². The van der Waals surface area contributed by atoms with E-state index in [1.54, 1.807) is 6.07 Å². The molecule has 1 heterocycles. The third-order valence-electron chi connectivity index (χ3n) is 2.91. The lowest BCUT2D eigenvalue weighted by atomic mass is 10.2. The molecule has 9 heteroatoms. The average Bonchev–Trinajstić information content (AvgIpc) is 2.51. The molecule has 0 aliphatic heterocycles. The van der Waals surface area contributed by atoms with E-state index in [1.165, 1.54) is 50.8 Å². The van der Waals surface area contributed by atoms with Crippen molar-refractivity contribution in [1.82, 2.24) is 9.29 Å². The predicted octanol–water partition coefficient (Wildman–Crippen LogP) is 1.19. The lowest BCUT2D eigenvalue weighted by molar-refractivity contribution is 0.403. The Balaban J connectivity index is 2.07. The number of hydrogen-bond donors (Lipinski definition) is 3. The number of nitrogens with zero attached hydrogens (tertiary/aromatic N) is 3. The number of phenolic OH excluding ortho intramolecular Hbond substituents is 2. The fraction of sp³-hybridized carbons (Fsp3) is 0.143. The van der Waals surface area contributed by atoms with E-state index in [0.717, 1.165) is 4.31 Å². The minimum absolute atomic E-state index is 0.0838. The lowest BCUT2D eigenvalue weighted by Gasteiger charge is -2.10. The number of benzene rings is 1. The number of hydrazone groups is 1. The van der Waals surface area contributed by atoms with Gasteiger partial charge in [0, 0.05) is 20.3 Å². The number of sulfonamides is 1. The number of anilines is 1. The van der Waals surface area contributed by atoms with E-state index < -0.39 is 10.0 Å². The van der Waals surface area contributed by atoms with Gasteiger partial charge in [-0.25, -0.2) is 17.7 Å². The molecule has 2 aromatic rings. The molecule has 0 aliphatic rings. The molecule has 122 valence electrons. The summed E-state index contributed by atoms with van der Waals surface area (Å²) in [7, 11) is -0.626. The summed E-state index contributed by atoms with van der Waals surface area (Å²) in [5.41, 5.74) is 3.21. The van der Waals surface area contributed by atoms with Crippen LogP contribution in [0, 0.1) is 0 Å². The van der Waals surface area contributed by atoms with Crippen molar-refractivity contribution in [2.45, 2.75) is 4.90 Å². The molecule has 23 heavy (non-hydrogen) atoms. The van der Waals surface area contributed by atoms with Crippen molar-refractivity contribution in [2.75, 3.05) is 19.5 Å². The second-order valence-corrected chi connectivity index (χ2v) is 6.94. The Morgan fingerprint density at radius 3 is 2.48 bits per heavy atom. The highest BCUT2D eigenvalue weighted by molar-refractivity contribution is 7.89. The Morgan fingerprint density at radius 1 is 1.17 bits per heavy atom. The molecular weight excluding hydrogens is 320 g/mol. The van der Waals surface area contributed by atoms with Gasteiger partial charge in [-0.2, -0.15) is 5.10 Å². The van der Waals surface area contributed by atoms with Gasteiger partial charge in [0.05, 0.1) is 6.21 Å². The molecule has 0 saturated heterocycles. The van der Waals surface area contributed by atoms with Gasteiger partial charge < -0.3 is 10.2 Å². The van der Waals surface area contributed by atoms with Crippen LogP contribution in [0.4, 0.5) is 5.82 Å². The van der Waals surface area contributed by atoms with Gasteiger partial charge in [0.25, 0.3) is 0 Å². The summed E-state index contributed by atoms with van der Waals surface area (Å²) in [5.74, 6) is -0.0956. The largest absolute Gasteiger partial charge is 0.504 e. The summed E-state index contributed by atoms with van der Waals surface area (Å²) in [6.45, 7) is 0. The second kappa shape index (κ2) is 6.63. The summed E-state index contributed by atoms with van der Waals surface area (Å²) in [6.07, 6.45) is 2.66. The van der Waals surface area contributed by atoms with E-state index in [2.05, 4.69) is 15.5 Å². The van der Waals surface area contributed by atoms with Crippen LogP contribution in [-0.4, -0.2) is 48.2 Å². The molecule has 0 bridgehead atoms. The Labute approximate surface area is 133 Å². The van der Waals surface area contributed by atoms with E-state index in [1.807, 2.05) is 0 Å². The van der Waals surface area contributed by atoms with Crippen molar-refractivity contribution in [3.05, 3.63) is 42.1 Å². The zero-order valence-electron chi connectivity index (χ0n) is 12.5. The Morgan fingerprint density at radius 2 is 1.91 bits per heavy atom. The highest BCUT2D eigenvalue weighted by Crippen LogP contribution is 2.24. The first-order valence-electron chi connectivity index (χ1n) is 6.50. The molecule has 0 unspecified atom stereocenters. The van der Waals surface area contributed by atoms with Crippen LogP contribution < -0.4 is 5.43 Å². The van der Waals surface area contributed by atoms with Crippen LogP contribution in [0.25, 0.3) is 0 Å². The standard InChI is InChI=1S/C14H16N4O4S/c1-18(2)23(21,22)11-4-6-14(15-9-11)17-16-8-10-3-5-12(19)13(20)7-10/h3-9,19-20H,1-2H3,(H,15,17)/b16-8+. The van der Waals surface area contributed by atoms with Crippen LogP contribution in [-0.2, 0) is 10.0 Å². The molecule has 0 aliphatic carbocycles. The summed E-state index contributed by atoms with van der Waals surface area (Å²) in [5, 5.41) is 22.5. The maximum Gasteiger partial charge on any atom is 0.244 e. The van der Waals surface area contributed by atoms with Gasteiger partial charge in [0.1, 0.15) is 10.7 Å². The predicted molar refractivity (Wildman–Crippen MR) is 86.1 cm³/mol. The van der Waals surface area contributed by atoms with Crippen molar-refractivity contribution in [2.24, 2.45) is 5.10 Å². The zero-order valence-corrected chi connectivity index (χ0v) is 13.3. The van der Waals surface area contributed by atoms with Gasteiger partial charge in [-0.15, -0.1) is 0 Å². The monoisotopic (exact) mass is 336 g/mol. The topological polar surface area (TPSA) is 115 Å². The summed E-state index contributed by atoms with van der Waals surface area (Å²) < 4.78 is 24.9. The first-order chi connectivity index (χ1) is 10.8. The smallest absolute Gasteiger partial charge is 0.244 e. The Hall–Kier alpha value is -2.65. The fourth-order valence-electron chi connectivity index (χ4n) is 1.60. The third kappa shape index (κ3) is 3.96. The SMILES string of the molecule is CN(C)S(=O)(=O)c1ccc(N/N=C/c2ccc(O)c(O)c2)nc1. The summed E-state index contributed by atoms with van der Waals surface area (Å²) in [6, 6.07) is 7.17. The molecule has 0 fully saturated rings. The molecule has 0 saturated carbocycles. The molecule has 1 aromatic heterocycles. The van der Waals surface area contributed by atoms with E-state index in [-0.39, 0.29) is 16.4 Å². The van der Waals surface area contributed by atoms with Gasteiger partial charge in [-0.05, 0) is 35.9 Å². The number of phenols is 2. The molecule has 3 N–H and O–H groups in total. The number of aromatic hydroxyl groups is 2. The van der Waals surface area contributed by atoms with Crippen molar-refractivity contribution in [3.8, 4) is 11.5 Å². The van der Waals surface area contributed by atoms with Gasteiger partial charge in [0.2, 0.25) is 10.0 Å². The van der Waals surface area contributed by atoms with E-state index in [0.29, 0.717) is 11.4 Å². The van der Waals surface area contributed by atoms with Crippen molar-refractivity contribution in [3.63, 3.8) is 0 Å². The molecule has 1 aromatic carbocycles. The van der Waals surface area contributed by atoms with E-state index >= 15 is 0 Å². The van der Waals surface area contributed by atoms with Crippen LogP contribution in [0.1, 0.15) is 5.56 Å². The van der Waals surface area contributed by atoms with Crippen LogP contribution in [0.15, 0.2) is 46.5 Å². The third-order valence-corrected chi connectivity index (χ3v) is 4.71. The van der Waals surface area contributed by atoms with Crippen LogP contribution in [0.2, 0.25) is 0 Å². The van der Waals surface area contributed by atoms with Gasteiger partial charge >= 0.3 is 0 Å². The van der Waals surface area contributed by atoms with Crippen LogP contribution in [0.5, 0.6) is 11.5 Å². The molecule has 8 nitrogen and oxygen atoms in total. The summed E-state index contributed by atoms with van der Waals surface area (Å²) in [4.78, 5) is 4.05. The summed E-state index contributed by atoms with van der Waals surface area (Å²) >= 11 is 0. The zero-order chi connectivity index (χ0) is 17.0. The normalized spacial score (nSPS) is 12.0. The molecule has 0 spiro atoms. The molecule has 2 rings (SSSR count). The first kappa shape index (κ1) is 16.7. The number of nitrogens with one attached hydrogen (secondary N) is 1. The van der Waals surface area contributed by atoms with E-state index in [9.17, 15) is 18.6 Å². The van der Waals surface area contributed by atoms with Gasteiger partial charge in [-0.1, -0.05) is 0 Å². The fourth-order valence-corrected chi connectivity index (χ4v) is 2.45. The number of aromatic nitrogens is 1. The molecule has 0 amide bonds. The highest BCUT2D eigenvalue weighted by Gasteiger charge is 2.17. The average molecular weight is 336 g/mol. The maximum atomic E-state index is 11.9. The van der Waals surface area contributed by atoms with E-state index in [4.69, 9.17) is 0 Å². The van der Waals surface area contributed by atoms with Gasteiger partial charge in [-0.3, -0.25) is 5.43 Å². The first-order valence-corrected chi connectivity index (χ1v) is 7.94. The van der Waals surface area contributed by atoms with Crippen LogP contribution >= 0.6 is 0 Å². The number of pyridine rings is 1. The minimum Gasteiger partial charge on any atom is -0.504 e. The van der Waals surface area contributed by atoms with Crippen molar-refractivity contribution in [1.29, 1.82) is 0 Å². The molecule has 0 radical (unpaired) electrons. The lowest BCUT2D eigenvalue weighted by Crippen LogP contribution is -2.22. The van der Waals surface area contributed by atoms with Crippen molar-refractivity contribution < 1.29 is 18.6 Å². The second-order valence-electron chi connectivity index (χ2n) is 4.78. The van der Waals surface area contributed by atoms with Crippen molar-refractivity contribution >= 4 is 22.1 Å². The number of hydrogen-bond acceptors (Lipinski definition) is 7. The highest BCUT2D eigenvalue weighted by atomic mass is 32.2. The Kier molecular flexibility index (Phi) is 4.82. The maximum absolute atomic E-state index is 11.9. The number of rotatable bonds is 5. The van der Waals surface area contributed by atoms with Crippen LogP contribution in [0.3, 0.4) is 0 Å². The Bertz CT molecular complexity index is 817. The molecule has 0 atom stereocenters. The quantitative estimate of drug-likeness (QED) is 0.429. The molecular formula is C14H16N4O4S. The minimum atomic E-state index is -3.51.